The molecule has 1 amide bonds. The number of hydrogen-bond acceptors (Lipinski definition) is 2. The molecule has 0 spiro atoms. The number of rotatable bonds is 13. The largest absolute Gasteiger partial charge is 0.379 e. The minimum atomic E-state index is 0.164. The molecule has 1 saturated carbocycles. The van der Waals surface area contributed by atoms with E-state index in [9.17, 15) is 4.79 Å². The molecule has 22 heavy (non-hydrogen) atoms. The van der Waals surface area contributed by atoms with Gasteiger partial charge >= 0.3 is 0 Å². The molecular weight excluding hydrogens is 274 g/mol. The topological polar surface area (TPSA) is 38.3 Å². The Morgan fingerprint density at radius 2 is 1.77 bits per heavy atom. The zero-order valence-corrected chi connectivity index (χ0v) is 14.1. The molecule has 0 saturated heterocycles. The van der Waals surface area contributed by atoms with Crippen molar-refractivity contribution in [3.63, 3.8) is 0 Å². The van der Waals surface area contributed by atoms with Crippen LogP contribution in [0.15, 0.2) is 0 Å². The summed E-state index contributed by atoms with van der Waals surface area (Å²) in [5, 5.41) is 2.94. The van der Waals surface area contributed by atoms with Crippen LogP contribution in [0.5, 0.6) is 0 Å². The van der Waals surface area contributed by atoms with Crippen LogP contribution in [0, 0.1) is 18.3 Å². The third kappa shape index (κ3) is 10.7. The first kappa shape index (κ1) is 19.0. The van der Waals surface area contributed by atoms with Crippen LogP contribution in [0.2, 0.25) is 0 Å². The Balaban J connectivity index is 1.78. The van der Waals surface area contributed by atoms with Crippen LogP contribution in [0.25, 0.3) is 0 Å². The number of carbonyl (C=O) groups excluding carboxylic acids is 1. The van der Waals surface area contributed by atoms with Crippen LogP contribution in [0.4, 0.5) is 0 Å². The first-order valence-electron chi connectivity index (χ1n) is 9.11. The number of terminal acetylenes is 1. The summed E-state index contributed by atoms with van der Waals surface area (Å²) in [5.74, 6) is 3.59. The van der Waals surface area contributed by atoms with E-state index in [-0.39, 0.29) is 5.91 Å². The maximum atomic E-state index is 11.6. The van der Waals surface area contributed by atoms with Crippen molar-refractivity contribution in [1.29, 1.82) is 0 Å². The van der Waals surface area contributed by atoms with Crippen molar-refractivity contribution in [3.8, 4) is 12.3 Å². The van der Waals surface area contributed by atoms with Crippen molar-refractivity contribution in [2.45, 2.75) is 77.0 Å². The SMILES string of the molecule is C#CCCCCCCCCC(=O)NCCOCC1CCCC1. The lowest BCUT2D eigenvalue weighted by Crippen LogP contribution is -2.27. The molecule has 1 N–H and O–H groups in total. The van der Waals surface area contributed by atoms with Crippen LogP contribution in [-0.4, -0.2) is 25.7 Å². The summed E-state index contributed by atoms with van der Waals surface area (Å²) in [6.07, 6.45) is 19.0. The van der Waals surface area contributed by atoms with E-state index in [4.69, 9.17) is 11.2 Å². The lowest BCUT2D eigenvalue weighted by Gasteiger charge is -2.10. The standard InChI is InChI=1S/C19H33NO2/c1-2-3-4-5-6-7-8-9-14-19(21)20-15-16-22-17-18-12-10-11-13-18/h1,18H,3-17H2,(H,20,21). The molecule has 3 heteroatoms. The Morgan fingerprint density at radius 1 is 1.09 bits per heavy atom. The summed E-state index contributed by atoms with van der Waals surface area (Å²) in [6.45, 7) is 2.17. The molecule has 0 aromatic heterocycles. The van der Waals surface area contributed by atoms with Gasteiger partial charge in [0.2, 0.25) is 5.91 Å². The molecule has 0 atom stereocenters. The molecule has 1 fully saturated rings. The second kappa shape index (κ2) is 13.6. The fraction of sp³-hybridized carbons (Fsp3) is 0.842. The number of unbranched alkanes of at least 4 members (excludes halogenated alkanes) is 6. The first-order valence-corrected chi connectivity index (χ1v) is 9.11. The van der Waals surface area contributed by atoms with Gasteiger partial charge in [0.25, 0.3) is 0 Å². The predicted octanol–water partition coefficient (Wildman–Crippen LogP) is 4.06. The predicted molar refractivity (Wildman–Crippen MR) is 91.6 cm³/mol. The summed E-state index contributed by atoms with van der Waals surface area (Å²) in [7, 11) is 0. The molecule has 1 rings (SSSR count). The number of ether oxygens (including phenoxy) is 1. The molecule has 0 aromatic carbocycles. The van der Waals surface area contributed by atoms with Gasteiger partial charge in [0.1, 0.15) is 0 Å². The fourth-order valence-electron chi connectivity index (χ4n) is 3.00. The van der Waals surface area contributed by atoms with E-state index >= 15 is 0 Å². The average Bonchev–Trinajstić information content (AvgIpc) is 3.03. The van der Waals surface area contributed by atoms with Gasteiger partial charge in [-0.3, -0.25) is 4.79 Å². The van der Waals surface area contributed by atoms with E-state index < -0.39 is 0 Å². The van der Waals surface area contributed by atoms with Crippen molar-refractivity contribution in [2.24, 2.45) is 5.92 Å². The van der Waals surface area contributed by atoms with Gasteiger partial charge in [-0.1, -0.05) is 38.5 Å². The van der Waals surface area contributed by atoms with Gasteiger partial charge in [-0.25, -0.2) is 0 Å². The van der Waals surface area contributed by atoms with E-state index in [2.05, 4.69) is 11.2 Å². The lowest BCUT2D eigenvalue weighted by molar-refractivity contribution is -0.121. The molecule has 0 aromatic rings. The third-order valence-corrected chi connectivity index (χ3v) is 4.37. The van der Waals surface area contributed by atoms with Crippen molar-refractivity contribution >= 4 is 5.91 Å². The third-order valence-electron chi connectivity index (χ3n) is 4.37. The quantitative estimate of drug-likeness (QED) is 0.411. The molecule has 0 bridgehead atoms. The van der Waals surface area contributed by atoms with Gasteiger partial charge in [-0.2, -0.15) is 0 Å². The normalized spacial score (nSPS) is 14.9. The Labute approximate surface area is 136 Å². The van der Waals surface area contributed by atoms with E-state index in [0.29, 0.717) is 19.6 Å². The van der Waals surface area contributed by atoms with Crippen LogP contribution < -0.4 is 5.32 Å². The molecule has 0 radical (unpaired) electrons. The highest BCUT2D eigenvalue weighted by molar-refractivity contribution is 5.75. The Kier molecular flexibility index (Phi) is 11.8. The molecule has 126 valence electrons. The maximum absolute atomic E-state index is 11.6. The second-order valence-electron chi connectivity index (χ2n) is 6.40. The summed E-state index contributed by atoms with van der Waals surface area (Å²) in [6, 6.07) is 0. The maximum Gasteiger partial charge on any atom is 0.220 e. The highest BCUT2D eigenvalue weighted by atomic mass is 16.5. The van der Waals surface area contributed by atoms with E-state index in [1.807, 2.05) is 0 Å². The van der Waals surface area contributed by atoms with Crippen molar-refractivity contribution in [2.75, 3.05) is 19.8 Å². The monoisotopic (exact) mass is 307 g/mol. The smallest absolute Gasteiger partial charge is 0.220 e. The fourth-order valence-corrected chi connectivity index (χ4v) is 3.00. The second-order valence-corrected chi connectivity index (χ2v) is 6.40. The number of carbonyl (C=O) groups is 1. The van der Waals surface area contributed by atoms with Crippen LogP contribution in [0.1, 0.15) is 77.0 Å². The van der Waals surface area contributed by atoms with Crippen molar-refractivity contribution in [3.05, 3.63) is 0 Å². The molecular formula is C19H33NO2. The van der Waals surface area contributed by atoms with Gasteiger partial charge in [0.05, 0.1) is 6.61 Å². The summed E-state index contributed by atoms with van der Waals surface area (Å²) < 4.78 is 5.63. The average molecular weight is 307 g/mol. The molecule has 1 aliphatic carbocycles. The van der Waals surface area contributed by atoms with Crippen LogP contribution in [-0.2, 0) is 9.53 Å². The van der Waals surface area contributed by atoms with Gasteiger partial charge < -0.3 is 10.1 Å². The van der Waals surface area contributed by atoms with Gasteiger partial charge in [0, 0.05) is 26.0 Å². The van der Waals surface area contributed by atoms with Gasteiger partial charge in [-0.05, 0) is 31.6 Å². The highest BCUT2D eigenvalue weighted by Gasteiger charge is 2.14. The summed E-state index contributed by atoms with van der Waals surface area (Å²) in [4.78, 5) is 11.6. The Morgan fingerprint density at radius 3 is 2.50 bits per heavy atom. The zero-order chi connectivity index (χ0) is 15.9. The Bertz CT molecular complexity index is 316. The van der Waals surface area contributed by atoms with Crippen LogP contribution in [0.3, 0.4) is 0 Å². The number of amides is 1. The zero-order valence-electron chi connectivity index (χ0n) is 14.1. The minimum absolute atomic E-state index is 0.164. The lowest BCUT2D eigenvalue weighted by atomic mass is 10.1. The number of hydrogen-bond donors (Lipinski definition) is 1. The first-order chi connectivity index (χ1) is 10.8. The van der Waals surface area contributed by atoms with E-state index in [0.717, 1.165) is 38.2 Å². The van der Waals surface area contributed by atoms with Crippen LogP contribution >= 0.6 is 0 Å². The van der Waals surface area contributed by atoms with E-state index in [1.54, 1.807) is 0 Å². The van der Waals surface area contributed by atoms with Gasteiger partial charge in [-0.15, -0.1) is 12.3 Å². The van der Waals surface area contributed by atoms with E-state index in [1.165, 1.54) is 44.9 Å². The summed E-state index contributed by atoms with van der Waals surface area (Å²) >= 11 is 0. The molecule has 3 nitrogen and oxygen atoms in total. The van der Waals surface area contributed by atoms with Gasteiger partial charge in [0.15, 0.2) is 0 Å². The van der Waals surface area contributed by atoms with Crippen molar-refractivity contribution in [1.82, 2.24) is 5.32 Å². The molecule has 0 aliphatic heterocycles. The summed E-state index contributed by atoms with van der Waals surface area (Å²) in [5.41, 5.74) is 0. The number of nitrogens with one attached hydrogen (secondary N) is 1. The van der Waals surface area contributed by atoms with Crippen molar-refractivity contribution < 1.29 is 9.53 Å². The minimum Gasteiger partial charge on any atom is -0.379 e. The highest BCUT2D eigenvalue weighted by Crippen LogP contribution is 2.24. The molecule has 0 heterocycles. The Hall–Kier alpha value is -1.01. The molecule has 0 unspecified atom stereocenters. The molecule has 1 aliphatic rings.